The molecule has 2 nitrogen and oxygen atoms in total. The Morgan fingerprint density at radius 1 is 0.289 bits per heavy atom. The molecule has 206 valence electrons. The maximum Gasteiger partial charge on any atom is 0.201 e. The molecule has 0 amide bonds. The molecule has 4 aromatic carbocycles. The van der Waals surface area contributed by atoms with E-state index in [0.29, 0.717) is 0 Å². The summed E-state index contributed by atoms with van der Waals surface area (Å²) in [5.74, 6) is -36.2. The van der Waals surface area contributed by atoms with E-state index in [1.165, 1.54) is 0 Å². The number of benzene rings is 4. The Kier molecular flexibility index (Phi) is 8.69. The van der Waals surface area contributed by atoms with Gasteiger partial charge in [0.05, 0.1) is 10.8 Å². The van der Waals surface area contributed by atoms with Crippen LogP contribution in [0.4, 0.5) is 52.7 Å². The SMILES string of the molecule is CC.CC.Oc1c(F)c(F)c2c(F)c(F)c(F)c(F)c2c1-c1c(O)c(F)c(F)c2c(F)c(F)c(F)c(F)c12. The molecule has 4 aromatic rings. The molecule has 0 fully saturated rings. The smallest absolute Gasteiger partial charge is 0.201 e. The second kappa shape index (κ2) is 10.9. The first kappa shape index (κ1) is 30.4. The first-order valence-corrected chi connectivity index (χ1v) is 10.5. The first-order chi connectivity index (χ1) is 17.7. The van der Waals surface area contributed by atoms with Crippen molar-refractivity contribution in [3.8, 4) is 22.6 Å². The van der Waals surface area contributed by atoms with Crippen molar-refractivity contribution in [1.29, 1.82) is 0 Å². The number of aromatic hydroxyl groups is 2. The summed E-state index contributed by atoms with van der Waals surface area (Å²) in [5, 5.41) is 11.8. The van der Waals surface area contributed by atoms with Crippen LogP contribution in [0.25, 0.3) is 32.7 Å². The third-order valence-corrected chi connectivity index (χ3v) is 5.00. The summed E-state index contributed by atoms with van der Waals surface area (Å²) >= 11 is 0. The van der Waals surface area contributed by atoms with Gasteiger partial charge in [-0.1, -0.05) is 27.7 Å². The van der Waals surface area contributed by atoms with E-state index >= 15 is 0 Å². The number of rotatable bonds is 1. The Morgan fingerprint density at radius 3 is 0.711 bits per heavy atom. The third-order valence-electron chi connectivity index (χ3n) is 5.00. The molecule has 0 radical (unpaired) electrons. The van der Waals surface area contributed by atoms with Gasteiger partial charge in [-0.05, 0) is 0 Å². The predicted molar refractivity (Wildman–Crippen MR) is 112 cm³/mol. The van der Waals surface area contributed by atoms with Gasteiger partial charge in [0.15, 0.2) is 69.7 Å². The van der Waals surface area contributed by atoms with E-state index in [9.17, 15) is 62.9 Å². The van der Waals surface area contributed by atoms with Crippen molar-refractivity contribution in [2.45, 2.75) is 27.7 Å². The molecule has 14 heteroatoms. The van der Waals surface area contributed by atoms with E-state index in [2.05, 4.69) is 0 Å². The topological polar surface area (TPSA) is 40.5 Å². The van der Waals surface area contributed by atoms with Gasteiger partial charge >= 0.3 is 0 Å². The highest BCUT2D eigenvalue weighted by Crippen LogP contribution is 2.51. The van der Waals surface area contributed by atoms with Crippen LogP contribution in [0.3, 0.4) is 0 Å². The van der Waals surface area contributed by atoms with Crippen LogP contribution >= 0.6 is 0 Å². The number of fused-ring (bicyclic) bond motifs is 2. The van der Waals surface area contributed by atoms with Crippen LogP contribution in [-0.4, -0.2) is 10.2 Å². The van der Waals surface area contributed by atoms with Crippen LogP contribution < -0.4 is 0 Å². The zero-order valence-corrected chi connectivity index (χ0v) is 19.4. The predicted octanol–water partition coefficient (Wildman–Crippen LogP) is 8.79. The highest BCUT2D eigenvalue weighted by atomic mass is 19.2. The monoisotopic (exact) mass is 562 g/mol. The number of hydrogen-bond donors (Lipinski definition) is 2. The fourth-order valence-corrected chi connectivity index (χ4v) is 3.52. The van der Waals surface area contributed by atoms with Crippen molar-refractivity contribution in [1.82, 2.24) is 0 Å². The number of phenols is 2. The van der Waals surface area contributed by atoms with E-state index in [-0.39, 0.29) is 0 Å². The zero-order valence-electron chi connectivity index (χ0n) is 19.4. The van der Waals surface area contributed by atoms with Crippen molar-refractivity contribution in [2.75, 3.05) is 0 Å². The van der Waals surface area contributed by atoms with Gasteiger partial charge in [0, 0.05) is 21.9 Å². The van der Waals surface area contributed by atoms with Gasteiger partial charge in [-0.15, -0.1) is 0 Å². The average molecular weight is 562 g/mol. The normalized spacial score (nSPS) is 10.8. The van der Waals surface area contributed by atoms with Crippen LogP contribution in [0.5, 0.6) is 11.5 Å². The molecule has 0 unspecified atom stereocenters. The van der Waals surface area contributed by atoms with Crippen LogP contribution in [-0.2, 0) is 0 Å². The first-order valence-electron chi connectivity index (χ1n) is 10.5. The molecule has 0 bridgehead atoms. The Bertz CT molecular complexity index is 1460. The molecule has 0 aliphatic rings. The number of halogens is 12. The Balaban J connectivity index is 0.00000121. The van der Waals surface area contributed by atoms with Gasteiger partial charge in [-0.3, -0.25) is 0 Å². The van der Waals surface area contributed by atoms with Gasteiger partial charge in [-0.25, -0.2) is 43.9 Å². The molecule has 0 spiro atoms. The van der Waals surface area contributed by atoms with Gasteiger partial charge in [0.25, 0.3) is 0 Å². The van der Waals surface area contributed by atoms with Gasteiger partial charge in [0.1, 0.15) is 0 Å². The Morgan fingerprint density at radius 2 is 0.474 bits per heavy atom. The lowest BCUT2D eigenvalue weighted by Gasteiger charge is -2.18. The quantitative estimate of drug-likeness (QED) is 0.138. The molecule has 0 aliphatic carbocycles. The average Bonchev–Trinajstić information content (AvgIpc) is 2.92. The van der Waals surface area contributed by atoms with Crippen molar-refractivity contribution in [3.63, 3.8) is 0 Å². The molecule has 0 atom stereocenters. The largest absolute Gasteiger partial charge is 0.504 e. The minimum absolute atomic E-state index is 1.98. The summed E-state index contributed by atoms with van der Waals surface area (Å²) in [7, 11) is 0. The number of hydrogen-bond acceptors (Lipinski definition) is 2. The molecule has 2 N–H and O–H groups in total. The summed E-state index contributed by atoms with van der Waals surface area (Å²) in [4.78, 5) is 0. The van der Waals surface area contributed by atoms with E-state index in [4.69, 9.17) is 0 Å². The van der Waals surface area contributed by atoms with E-state index in [0.717, 1.165) is 0 Å². The van der Waals surface area contributed by atoms with Crippen LogP contribution in [0.15, 0.2) is 0 Å². The Hall–Kier alpha value is -3.84. The van der Waals surface area contributed by atoms with E-state index in [1.54, 1.807) is 0 Å². The van der Waals surface area contributed by atoms with Crippen LogP contribution in [0.1, 0.15) is 27.7 Å². The van der Waals surface area contributed by atoms with E-state index in [1.807, 2.05) is 27.7 Å². The molecule has 4 rings (SSSR count). The fraction of sp³-hybridized carbons (Fsp3) is 0.167. The highest BCUT2D eigenvalue weighted by molar-refractivity contribution is 6.10. The van der Waals surface area contributed by atoms with Crippen LogP contribution in [0.2, 0.25) is 0 Å². The lowest BCUT2D eigenvalue weighted by molar-refractivity contribution is 0.396. The Labute approximate surface area is 205 Å². The third kappa shape index (κ3) is 4.02. The van der Waals surface area contributed by atoms with Gasteiger partial charge < -0.3 is 10.2 Å². The molecule has 0 aromatic heterocycles. The lowest BCUT2D eigenvalue weighted by atomic mass is 9.90. The molecule has 0 saturated heterocycles. The summed E-state index contributed by atoms with van der Waals surface area (Å²) in [5.41, 5.74) is -3.95. The summed E-state index contributed by atoms with van der Waals surface area (Å²) in [6.07, 6.45) is 0. The summed E-state index contributed by atoms with van der Waals surface area (Å²) in [6.45, 7) is 8.00. The molecular formula is C24H14F12O2. The second-order valence-electron chi connectivity index (χ2n) is 6.72. The van der Waals surface area contributed by atoms with Crippen LogP contribution in [0, 0.1) is 69.8 Å². The van der Waals surface area contributed by atoms with Crippen molar-refractivity contribution in [3.05, 3.63) is 69.8 Å². The second-order valence-corrected chi connectivity index (χ2v) is 6.72. The molecule has 0 heterocycles. The van der Waals surface area contributed by atoms with Crippen molar-refractivity contribution >= 4 is 21.5 Å². The molecule has 38 heavy (non-hydrogen) atoms. The minimum atomic E-state index is -2.73. The maximum absolute atomic E-state index is 14.6. The number of phenolic OH excluding ortho intramolecular Hbond substituents is 2. The molecule has 0 aliphatic heterocycles. The fourth-order valence-electron chi connectivity index (χ4n) is 3.52. The zero-order chi connectivity index (χ0) is 29.5. The van der Waals surface area contributed by atoms with Gasteiger partial charge in [-0.2, -0.15) is 8.78 Å². The van der Waals surface area contributed by atoms with E-state index < -0.39 is 114 Å². The highest BCUT2D eigenvalue weighted by Gasteiger charge is 2.36. The van der Waals surface area contributed by atoms with Crippen molar-refractivity contribution in [2.24, 2.45) is 0 Å². The summed E-state index contributed by atoms with van der Waals surface area (Å²) < 4.78 is 170. The standard InChI is InChI=1S/C20H2F12O2.2C2H6/c21-7-1-3(19(33)17(31)11(25)5(1)9(23)15(29)13(7)27)4-2-6(12(26)18(32)20(4)34)10(24)16(30)14(28)8(2)22;2*1-2/h33-34H;2*1-2H3. The minimum Gasteiger partial charge on any atom is -0.504 e. The summed E-state index contributed by atoms with van der Waals surface area (Å²) in [6, 6.07) is 0. The van der Waals surface area contributed by atoms with Crippen molar-refractivity contribution < 1.29 is 62.9 Å². The maximum atomic E-state index is 14.6. The lowest BCUT2D eigenvalue weighted by Crippen LogP contribution is -2.07. The molecular weight excluding hydrogens is 548 g/mol. The van der Waals surface area contributed by atoms with Gasteiger partial charge in [0.2, 0.25) is 11.6 Å². The molecule has 0 saturated carbocycles.